The summed E-state index contributed by atoms with van der Waals surface area (Å²) in [6.45, 7) is 4.93. The zero-order valence-corrected chi connectivity index (χ0v) is 16.2. The zero-order valence-electron chi connectivity index (χ0n) is 16.2. The molecule has 0 amide bonds. The molecular formula is C25H23N3. The van der Waals surface area contributed by atoms with Gasteiger partial charge in [-0.05, 0) is 31.5 Å². The van der Waals surface area contributed by atoms with Gasteiger partial charge >= 0.3 is 0 Å². The average molecular weight is 365 g/mol. The summed E-state index contributed by atoms with van der Waals surface area (Å²) in [6, 6.07) is 27.0. The van der Waals surface area contributed by atoms with E-state index in [0.717, 1.165) is 28.3 Å². The maximum atomic E-state index is 4.98. The Hall–Kier alpha value is -3.46. The van der Waals surface area contributed by atoms with Crippen LogP contribution in [0, 0.1) is 13.8 Å². The van der Waals surface area contributed by atoms with Crippen LogP contribution >= 0.6 is 0 Å². The number of nitrogens with zero attached hydrogens (tertiary/aromatic N) is 2. The van der Waals surface area contributed by atoms with Gasteiger partial charge in [0.2, 0.25) is 0 Å². The third-order valence-electron chi connectivity index (χ3n) is 4.64. The molecule has 0 radical (unpaired) electrons. The van der Waals surface area contributed by atoms with Crippen molar-refractivity contribution in [1.82, 2.24) is 9.97 Å². The molecule has 4 rings (SSSR count). The lowest BCUT2D eigenvalue weighted by Crippen LogP contribution is -2.05. The van der Waals surface area contributed by atoms with E-state index >= 15 is 0 Å². The van der Waals surface area contributed by atoms with Crippen molar-refractivity contribution in [2.75, 3.05) is 5.32 Å². The van der Waals surface area contributed by atoms with Gasteiger partial charge < -0.3 is 5.32 Å². The number of hydrogen-bond acceptors (Lipinski definition) is 3. The number of rotatable bonds is 5. The normalized spacial score (nSPS) is 10.6. The first-order chi connectivity index (χ1) is 13.7. The van der Waals surface area contributed by atoms with Crippen LogP contribution in [0.2, 0.25) is 0 Å². The molecule has 1 aromatic heterocycles. The van der Waals surface area contributed by atoms with Crippen molar-refractivity contribution < 1.29 is 0 Å². The monoisotopic (exact) mass is 365 g/mol. The molecule has 0 aliphatic rings. The van der Waals surface area contributed by atoms with Gasteiger partial charge in [0.05, 0.1) is 11.9 Å². The van der Waals surface area contributed by atoms with Crippen molar-refractivity contribution in [2.24, 2.45) is 0 Å². The van der Waals surface area contributed by atoms with Crippen molar-refractivity contribution in [3.05, 3.63) is 102 Å². The molecule has 3 nitrogen and oxygen atoms in total. The molecule has 0 saturated heterocycles. The maximum absolute atomic E-state index is 4.98. The van der Waals surface area contributed by atoms with Gasteiger partial charge in [-0.1, -0.05) is 77.9 Å². The summed E-state index contributed by atoms with van der Waals surface area (Å²) < 4.78 is 0. The van der Waals surface area contributed by atoms with Gasteiger partial charge in [-0.2, -0.15) is 0 Å². The predicted octanol–water partition coefficient (Wildman–Crippen LogP) is 6.04. The third-order valence-corrected chi connectivity index (χ3v) is 4.64. The van der Waals surface area contributed by atoms with Gasteiger partial charge in [0.15, 0.2) is 5.82 Å². The lowest BCUT2D eigenvalue weighted by atomic mass is 10.0. The van der Waals surface area contributed by atoms with Crippen LogP contribution in [0.1, 0.15) is 16.7 Å². The predicted molar refractivity (Wildman–Crippen MR) is 116 cm³/mol. The molecule has 0 saturated carbocycles. The molecule has 1 heterocycles. The fourth-order valence-corrected chi connectivity index (χ4v) is 3.36. The highest BCUT2D eigenvalue weighted by atomic mass is 15.0. The van der Waals surface area contributed by atoms with Gasteiger partial charge in [0, 0.05) is 17.7 Å². The molecule has 4 aromatic rings. The Labute approximate surface area is 166 Å². The van der Waals surface area contributed by atoms with Crippen LogP contribution in [0.5, 0.6) is 0 Å². The minimum Gasteiger partial charge on any atom is -0.364 e. The van der Waals surface area contributed by atoms with E-state index in [1.165, 1.54) is 16.7 Å². The van der Waals surface area contributed by atoms with E-state index in [1.54, 1.807) is 0 Å². The number of aryl methyl sites for hydroxylation is 2. The van der Waals surface area contributed by atoms with Crippen molar-refractivity contribution in [2.45, 2.75) is 20.4 Å². The first-order valence-corrected chi connectivity index (χ1v) is 9.48. The number of nitrogens with one attached hydrogen (secondary N) is 1. The quantitative estimate of drug-likeness (QED) is 0.468. The fourth-order valence-electron chi connectivity index (χ4n) is 3.36. The minimum absolute atomic E-state index is 0.706. The summed E-state index contributed by atoms with van der Waals surface area (Å²) in [4.78, 5) is 9.71. The van der Waals surface area contributed by atoms with Gasteiger partial charge in [-0.15, -0.1) is 0 Å². The van der Waals surface area contributed by atoms with E-state index in [0.29, 0.717) is 6.54 Å². The SMILES string of the molecule is Cc1cc(C)cc(-c2nc(-c3ccccc3)cnc2NCc2ccccc2)c1. The molecule has 0 aliphatic heterocycles. The lowest BCUT2D eigenvalue weighted by molar-refractivity contribution is 1.09. The van der Waals surface area contributed by atoms with Crippen LogP contribution in [0.15, 0.2) is 85.1 Å². The van der Waals surface area contributed by atoms with Crippen molar-refractivity contribution >= 4 is 5.82 Å². The highest BCUT2D eigenvalue weighted by Gasteiger charge is 2.12. The van der Waals surface area contributed by atoms with Crippen molar-refractivity contribution in [1.29, 1.82) is 0 Å². The largest absolute Gasteiger partial charge is 0.364 e. The molecule has 0 unspecified atom stereocenters. The summed E-state index contributed by atoms with van der Waals surface area (Å²) in [5, 5.41) is 3.47. The van der Waals surface area contributed by atoms with E-state index in [9.17, 15) is 0 Å². The Kier molecular flexibility index (Phi) is 5.16. The summed E-state index contributed by atoms with van der Waals surface area (Å²) >= 11 is 0. The van der Waals surface area contributed by atoms with Gasteiger partial charge in [0.1, 0.15) is 5.69 Å². The molecule has 0 fully saturated rings. The molecule has 28 heavy (non-hydrogen) atoms. The second kappa shape index (κ2) is 8.05. The summed E-state index contributed by atoms with van der Waals surface area (Å²) in [5.74, 6) is 0.800. The van der Waals surface area contributed by atoms with Gasteiger partial charge in [-0.3, -0.25) is 0 Å². The lowest BCUT2D eigenvalue weighted by Gasteiger charge is -2.13. The summed E-state index contributed by atoms with van der Waals surface area (Å²) in [7, 11) is 0. The molecule has 1 N–H and O–H groups in total. The first kappa shape index (κ1) is 17.9. The van der Waals surface area contributed by atoms with E-state index in [2.05, 4.69) is 61.6 Å². The second-order valence-electron chi connectivity index (χ2n) is 7.03. The number of benzene rings is 3. The Morgan fingerprint density at radius 1 is 0.750 bits per heavy atom. The fraction of sp³-hybridized carbons (Fsp3) is 0.120. The van der Waals surface area contributed by atoms with Crippen molar-refractivity contribution in [3.63, 3.8) is 0 Å². The van der Waals surface area contributed by atoms with Crippen LogP contribution in [0.4, 0.5) is 5.82 Å². The zero-order chi connectivity index (χ0) is 19.3. The molecule has 3 aromatic carbocycles. The topological polar surface area (TPSA) is 37.8 Å². The van der Waals surface area contributed by atoms with Crippen molar-refractivity contribution in [3.8, 4) is 22.5 Å². The molecule has 3 heteroatoms. The smallest absolute Gasteiger partial charge is 0.152 e. The van der Waals surface area contributed by atoms with E-state index in [-0.39, 0.29) is 0 Å². The van der Waals surface area contributed by atoms with Crippen LogP contribution < -0.4 is 5.32 Å². The summed E-state index contributed by atoms with van der Waals surface area (Å²) in [6.07, 6.45) is 1.84. The molecular weight excluding hydrogens is 342 g/mol. The van der Waals surface area contributed by atoms with Crippen LogP contribution in [-0.4, -0.2) is 9.97 Å². The van der Waals surface area contributed by atoms with E-state index < -0.39 is 0 Å². The third kappa shape index (κ3) is 4.09. The van der Waals surface area contributed by atoms with Gasteiger partial charge in [0.25, 0.3) is 0 Å². The highest BCUT2D eigenvalue weighted by molar-refractivity contribution is 5.75. The maximum Gasteiger partial charge on any atom is 0.152 e. The Bertz CT molecular complexity index is 1050. The first-order valence-electron chi connectivity index (χ1n) is 9.48. The molecule has 0 aliphatic carbocycles. The van der Waals surface area contributed by atoms with Crippen LogP contribution in [0.25, 0.3) is 22.5 Å². The standard InChI is InChI=1S/C25H23N3/c1-18-13-19(2)15-22(14-18)24-25(26-16-20-9-5-3-6-10-20)27-17-23(28-24)21-11-7-4-8-12-21/h3-15,17H,16H2,1-2H3,(H,26,27). The molecule has 138 valence electrons. The van der Waals surface area contributed by atoms with Gasteiger partial charge in [-0.25, -0.2) is 9.97 Å². The number of hydrogen-bond donors (Lipinski definition) is 1. The summed E-state index contributed by atoms with van der Waals surface area (Å²) in [5.41, 5.74) is 7.55. The molecule has 0 spiro atoms. The van der Waals surface area contributed by atoms with E-state index in [1.807, 2.05) is 42.6 Å². The van der Waals surface area contributed by atoms with Crippen LogP contribution in [0.3, 0.4) is 0 Å². The Morgan fingerprint density at radius 2 is 1.39 bits per heavy atom. The van der Waals surface area contributed by atoms with E-state index in [4.69, 9.17) is 9.97 Å². The average Bonchev–Trinajstić information content (AvgIpc) is 2.73. The molecule has 0 bridgehead atoms. The van der Waals surface area contributed by atoms with Crippen LogP contribution in [-0.2, 0) is 6.54 Å². The molecule has 0 atom stereocenters. The number of anilines is 1. The minimum atomic E-state index is 0.706. The highest BCUT2D eigenvalue weighted by Crippen LogP contribution is 2.29. The number of aromatic nitrogens is 2. The Morgan fingerprint density at radius 3 is 2.07 bits per heavy atom. The Balaban J connectivity index is 1.76. The second-order valence-corrected chi connectivity index (χ2v) is 7.03.